The SMILES string of the molecule is Cc1cc(Cl)ccc1Nc1cc(N2CCN(Cc3ccccc3)CC2)ncn1. The highest BCUT2D eigenvalue weighted by Gasteiger charge is 2.18. The average molecular weight is 394 g/mol. The Kier molecular flexibility index (Phi) is 5.74. The van der Waals surface area contributed by atoms with Crippen molar-refractivity contribution in [3.8, 4) is 0 Å². The third kappa shape index (κ3) is 4.61. The molecule has 0 bridgehead atoms. The maximum atomic E-state index is 6.05. The Labute approximate surface area is 171 Å². The molecule has 1 aliphatic heterocycles. The van der Waals surface area contributed by atoms with E-state index in [1.54, 1.807) is 6.33 Å². The number of aryl methyl sites for hydroxylation is 1. The van der Waals surface area contributed by atoms with Crippen LogP contribution in [0.25, 0.3) is 0 Å². The van der Waals surface area contributed by atoms with Crippen molar-refractivity contribution in [3.63, 3.8) is 0 Å². The fraction of sp³-hybridized carbons (Fsp3) is 0.273. The molecule has 2 aromatic carbocycles. The van der Waals surface area contributed by atoms with Crippen molar-refractivity contribution in [2.24, 2.45) is 0 Å². The molecule has 0 saturated carbocycles. The Bertz CT molecular complexity index is 923. The minimum atomic E-state index is 0.736. The van der Waals surface area contributed by atoms with Gasteiger partial charge in [0.15, 0.2) is 0 Å². The first-order valence-corrected chi connectivity index (χ1v) is 9.91. The van der Waals surface area contributed by atoms with Crippen LogP contribution in [0.2, 0.25) is 5.02 Å². The van der Waals surface area contributed by atoms with Crippen molar-refractivity contribution in [3.05, 3.63) is 77.1 Å². The van der Waals surface area contributed by atoms with Crippen LogP contribution >= 0.6 is 11.6 Å². The van der Waals surface area contributed by atoms with Gasteiger partial charge in [-0.25, -0.2) is 9.97 Å². The van der Waals surface area contributed by atoms with E-state index < -0.39 is 0 Å². The number of hydrogen-bond donors (Lipinski definition) is 1. The van der Waals surface area contributed by atoms with Crippen molar-refractivity contribution in [2.75, 3.05) is 36.4 Å². The van der Waals surface area contributed by atoms with Gasteiger partial charge in [-0.15, -0.1) is 0 Å². The minimum Gasteiger partial charge on any atom is -0.354 e. The molecule has 0 aliphatic carbocycles. The summed E-state index contributed by atoms with van der Waals surface area (Å²) in [5.74, 6) is 1.76. The molecule has 0 spiro atoms. The van der Waals surface area contributed by atoms with E-state index in [1.807, 2.05) is 31.2 Å². The standard InChI is InChI=1S/C22H24ClN5/c1-17-13-19(23)7-8-20(17)26-21-14-22(25-16-24-21)28-11-9-27(10-12-28)15-18-5-3-2-4-6-18/h2-8,13-14,16H,9-12,15H2,1H3,(H,24,25,26). The van der Waals surface area contributed by atoms with E-state index in [0.717, 1.165) is 60.6 Å². The predicted octanol–water partition coefficient (Wildman–Crippen LogP) is 4.50. The van der Waals surface area contributed by atoms with Crippen LogP contribution in [0.4, 0.5) is 17.3 Å². The first-order chi connectivity index (χ1) is 13.7. The zero-order valence-electron chi connectivity index (χ0n) is 16.0. The number of halogens is 1. The fourth-order valence-electron chi connectivity index (χ4n) is 3.47. The molecule has 1 aliphatic rings. The van der Waals surface area contributed by atoms with Crippen molar-refractivity contribution in [1.29, 1.82) is 0 Å². The number of aromatic nitrogens is 2. The lowest BCUT2D eigenvalue weighted by Gasteiger charge is -2.35. The highest BCUT2D eigenvalue weighted by atomic mass is 35.5. The van der Waals surface area contributed by atoms with Gasteiger partial charge in [0.2, 0.25) is 0 Å². The van der Waals surface area contributed by atoms with E-state index in [1.165, 1.54) is 5.56 Å². The van der Waals surface area contributed by atoms with E-state index in [0.29, 0.717) is 0 Å². The molecule has 1 aromatic heterocycles. The van der Waals surface area contributed by atoms with Gasteiger partial charge in [0.05, 0.1) is 0 Å². The Morgan fingerprint density at radius 2 is 1.75 bits per heavy atom. The quantitative estimate of drug-likeness (QED) is 0.691. The number of hydrogen-bond acceptors (Lipinski definition) is 5. The molecule has 1 saturated heterocycles. The molecule has 4 rings (SSSR count). The summed E-state index contributed by atoms with van der Waals surface area (Å²) in [6, 6.07) is 18.5. The van der Waals surface area contributed by atoms with Gasteiger partial charge in [-0.1, -0.05) is 41.9 Å². The zero-order valence-corrected chi connectivity index (χ0v) is 16.7. The van der Waals surface area contributed by atoms with Crippen LogP contribution in [0.5, 0.6) is 0 Å². The lowest BCUT2D eigenvalue weighted by Crippen LogP contribution is -2.46. The maximum absolute atomic E-state index is 6.05. The Morgan fingerprint density at radius 3 is 2.50 bits per heavy atom. The number of nitrogens with zero attached hydrogens (tertiary/aromatic N) is 4. The van der Waals surface area contributed by atoms with Gasteiger partial charge in [0.25, 0.3) is 0 Å². The van der Waals surface area contributed by atoms with Gasteiger partial charge < -0.3 is 10.2 Å². The third-order valence-electron chi connectivity index (χ3n) is 5.05. The van der Waals surface area contributed by atoms with E-state index in [9.17, 15) is 0 Å². The van der Waals surface area contributed by atoms with E-state index >= 15 is 0 Å². The van der Waals surface area contributed by atoms with Gasteiger partial charge in [-0.05, 0) is 36.2 Å². The Morgan fingerprint density at radius 1 is 0.964 bits per heavy atom. The summed E-state index contributed by atoms with van der Waals surface area (Å²) in [5, 5.41) is 4.11. The molecule has 0 amide bonds. The average Bonchev–Trinajstić information content (AvgIpc) is 2.72. The molecule has 0 radical (unpaired) electrons. The van der Waals surface area contributed by atoms with Crippen LogP contribution in [0.1, 0.15) is 11.1 Å². The molecular formula is C22H24ClN5. The molecule has 6 heteroatoms. The topological polar surface area (TPSA) is 44.3 Å². The van der Waals surface area contributed by atoms with Crippen LogP contribution < -0.4 is 10.2 Å². The number of benzene rings is 2. The van der Waals surface area contributed by atoms with Crippen LogP contribution in [-0.2, 0) is 6.54 Å². The third-order valence-corrected chi connectivity index (χ3v) is 5.28. The molecule has 0 atom stereocenters. The van der Waals surface area contributed by atoms with E-state index in [-0.39, 0.29) is 0 Å². The van der Waals surface area contributed by atoms with Crippen LogP contribution in [0, 0.1) is 6.92 Å². The molecule has 144 valence electrons. The monoisotopic (exact) mass is 393 g/mol. The van der Waals surface area contributed by atoms with Crippen molar-refractivity contribution in [1.82, 2.24) is 14.9 Å². The summed E-state index contributed by atoms with van der Waals surface area (Å²) >= 11 is 6.05. The van der Waals surface area contributed by atoms with Crippen LogP contribution in [0.15, 0.2) is 60.9 Å². The van der Waals surface area contributed by atoms with Crippen molar-refractivity contribution >= 4 is 28.9 Å². The summed E-state index contributed by atoms with van der Waals surface area (Å²) < 4.78 is 0. The first kappa shape index (κ1) is 18.7. The lowest BCUT2D eigenvalue weighted by molar-refractivity contribution is 0.249. The highest BCUT2D eigenvalue weighted by Crippen LogP contribution is 2.24. The molecule has 5 nitrogen and oxygen atoms in total. The molecule has 28 heavy (non-hydrogen) atoms. The number of piperazine rings is 1. The summed E-state index contributed by atoms with van der Waals surface area (Å²) in [6.07, 6.45) is 1.62. The number of anilines is 3. The molecule has 2 heterocycles. The van der Waals surface area contributed by atoms with E-state index in [4.69, 9.17) is 11.6 Å². The minimum absolute atomic E-state index is 0.736. The molecular weight excluding hydrogens is 370 g/mol. The zero-order chi connectivity index (χ0) is 19.3. The molecule has 1 N–H and O–H groups in total. The van der Waals surface area contributed by atoms with Gasteiger partial charge in [-0.3, -0.25) is 4.90 Å². The smallest absolute Gasteiger partial charge is 0.135 e. The van der Waals surface area contributed by atoms with Gasteiger partial charge in [0.1, 0.15) is 18.0 Å². The Hall–Kier alpha value is -2.63. The number of nitrogens with one attached hydrogen (secondary N) is 1. The Balaban J connectivity index is 1.38. The largest absolute Gasteiger partial charge is 0.354 e. The summed E-state index contributed by atoms with van der Waals surface area (Å²) in [6.45, 7) is 7.01. The van der Waals surface area contributed by atoms with Gasteiger partial charge >= 0.3 is 0 Å². The second-order valence-corrected chi connectivity index (χ2v) is 7.53. The summed E-state index contributed by atoms with van der Waals surface area (Å²) in [4.78, 5) is 13.7. The van der Waals surface area contributed by atoms with Crippen LogP contribution in [0.3, 0.4) is 0 Å². The lowest BCUT2D eigenvalue weighted by atomic mass is 10.2. The second-order valence-electron chi connectivity index (χ2n) is 7.09. The predicted molar refractivity (Wildman–Crippen MR) is 115 cm³/mol. The van der Waals surface area contributed by atoms with Crippen molar-refractivity contribution < 1.29 is 0 Å². The van der Waals surface area contributed by atoms with E-state index in [2.05, 4.69) is 55.4 Å². The molecule has 3 aromatic rings. The second kappa shape index (κ2) is 8.59. The van der Waals surface area contributed by atoms with Crippen LogP contribution in [-0.4, -0.2) is 41.0 Å². The molecule has 0 unspecified atom stereocenters. The summed E-state index contributed by atoms with van der Waals surface area (Å²) in [5.41, 5.74) is 3.45. The number of rotatable bonds is 5. The molecule has 1 fully saturated rings. The normalized spacial score (nSPS) is 14.9. The summed E-state index contributed by atoms with van der Waals surface area (Å²) in [7, 11) is 0. The fourth-order valence-corrected chi connectivity index (χ4v) is 3.70. The highest BCUT2D eigenvalue weighted by molar-refractivity contribution is 6.30. The van der Waals surface area contributed by atoms with Gasteiger partial charge in [-0.2, -0.15) is 0 Å². The van der Waals surface area contributed by atoms with Gasteiger partial charge in [0, 0.05) is 49.5 Å². The van der Waals surface area contributed by atoms with Crippen molar-refractivity contribution in [2.45, 2.75) is 13.5 Å². The maximum Gasteiger partial charge on any atom is 0.135 e. The first-order valence-electron chi connectivity index (χ1n) is 9.54.